The lowest BCUT2D eigenvalue weighted by molar-refractivity contribution is -0.145. The van der Waals surface area contributed by atoms with E-state index in [9.17, 15) is 4.79 Å². The van der Waals surface area contributed by atoms with Crippen molar-refractivity contribution in [3.05, 3.63) is 17.4 Å². The number of ether oxygens (including phenoxy) is 1. The molecule has 0 radical (unpaired) electrons. The summed E-state index contributed by atoms with van der Waals surface area (Å²) in [5.41, 5.74) is 4.47. The van der Waals surface area contributed by atoms with Gasteiger partial charge in [0.05, 0.1) is 6.61 Å². The number of hydrogen-bond acceptors (Lipinski definition) is 2. The van der Waals surface area contributed by atoms with E-state index in [1.165, 1.54) is 5.57 Å². The molecule has 1 unspecified atom stereocenters. The van der Waals surface area contributed by atoms with Gasteiger partial charge in [-0.25, -0.2) is 0 Å². The van der Waals surface area contributed by atoms with Crippen LogP contribution < -0.4 is 0 Å². The maximum Gasteiger partial charge on any atom is 0.305 e. The van der Waals surface area contributed by atoms with Crippen LogP contribution in [0.2, 0.25) is 0 Å². The minimum atomic E-state index is -0.0661. The van der Waals surface area contributed by atoms with Crippen LogP contribution in [0.1, 0.15) is 66.7 Å². The molecule has 0 aromatic heterocycles. The number of esters is 1. The second-order valence-corrected chi connectivity index (χ2v) is 5.77. The van der Waals surface area contributed by atoms with Gasteiger partial charge in [0.15, 0.2) is 0 Å². The topological polar surface area (TPSA) is 26.3 Å². The Morgan fingerprint density at radius 1 is 1.26 bits per heavy atom. The fourth-order valence-corrected chi connectivity index (χ4v) is 1.76. The highest BCUT2D eigenvalue weighted by Crippen LogP contribution is 2.09. The third-order valence-electron chi connectivity index (χ3n) is 2.91. The van der Waals surface area contributed by atoms with Crippen molar-refractivity contribution in [1.82, 2.24) is 0 Å². The van der Waals surface area contributed by atoms with Crippen molar-refractivity contribution in [2.75, 3.05) is 6.61 Å². The number of rotatable bonds is 9. The third-order valence-corrected chi connectivity index (χ3v) is 2.91. The van der Waals surface area contributed by atoms with Gasteiger partial charge >= 0.3 is 5.97 Å². The zero-order valence-corrected chi connectivity index (χ0v) is 13.3. The lowest BCUT2D eigenvalue weighted by Gasteiger charge is -2.10. The Labute approximate surface area is 118 Å². The van der Waals surface area contributed by atoms with Crippen molar-refractivity contribution >= 4 is 5.97 Å². The summed E-state index contributed by atoms with van der Waals surface area (Å²) in [4.78, 5) is 11.5. The summed E-state index contributed by atoms with van der Waals surface area (Å²) in [6.45, 7) is 11.2. The van der Waals surface area contributed by atoms with Crippen LogP contribution in [0.15, 0.2) is 17.4 Å². The van der Waals surface area contributed by atoms with Crippen molar-refractivity contribution in [2.24, 2.45) is 11.8 Å². The molecule has 19 heavy (non-hydrogen) atoms. The SMILES string of the molecule is CCCC(C)COC(=O)CCCC(C)=C=CC(C)C. The molecule has 0 aliphatic rings. The van der Waals surface area contributed by atoms with E-state index in [1.807, 2.05) is 0 Å². The molecule has 2 nitrogen and oxygen atoms in total. The Bertz CT molecular complexity index is 309. The lowest BCUT2D eigenvalue weighted by Crippen LogP contribution is -2.11. The Kier molecular flexibility index (Phi) is 10.3. The van der Waals surface area contributed by atoms with Crippen LogP contribution in [0.3, 0.4) is 0 Å². The van der Waals surface area contributed by atoms with Crippen LogP contribution in [0.4, 0.5) is 0 Å². The van der Waals surface area contributed by atoms with Crippen LogP contribution in [0.5, 0.6) is 0 Å². The van der Waals surface area contributed by atoms with Crippen molar-refractivity contribution < 1.29 is 9.53 Å². The predicted octanol–water partition coefficient (Wildman–Crippen LogP) is 4.89. The highest BCUT2D eigenvalue weighted by molar-refractivity contribution is 5.69. The standard InChI is InChI=1S/C17H30O2/c1-6-8-16(5)13-19-17(18)10-7-9-15(4)12-11-14(2)3/h11,14,16H,6-10,13H2,1-5H3. The summed E-state index contributed by atoms with van der Waals surface area (Å²) in [5, 5.41) is 0. The molecule has 2 heteroatoms. The molecule has 0 saturated heterocycles. The molecule has 0 heterocycles. The van der Waals surface area contributed by atoms with Gasteiger partial charge in [-0.2, -0.15) is 0 Å². The fraction of sp³-hybridized carbons (Fsp3) is 0.765. The first kappa shape index (κ1) is 18.0. The van der Waals surface area contributed by atoms with E-state index in [4.69, 9.17) is 4.74 Å². The van der Waals surface area contributed by atoms with Gasteiger partial charge in [-0.3, -0.25) is 4.79 Å². The Hall–Kier alpha value is -1.01. The molecule has 0 N–H and O–H groups in total. The van der Waals surface area contributed by atoms with Gasteiger partial charge in [0, 0.05) is 6.42 Å². The molecular formula is C17H30O2. The Balaban J connectivity index is 3.77. The predicted molar refractivity (Wildman–Crippen MR) is 81.0 cm³/mol. The highest BCUT2D eigenvalue weighted by atomic mass is 16.5. The van der Waals surface area contributed by atoms with E-state index >= 15 is 0 Å². The minimum Gasteiger partial charge on any atom is -0.465 e. The van der Waals surface area contributed by atoms with Crippen molar-refractivity contribution in [2.45, 2.75) is 66.7 Å². The monoisotopic (exact) mass is 266 g/mol. The van der Waals surface area contributed by atoms with Gasteiger partial charge in [-0.15, -0.1) is 5.73 Å². The highest BCUT2D eigenvalue weighted by Gasteiger charge is 2.06. The number of carbonyl (C=O) groups is 1. The molecule has 0 spiro atoms. The van der Waals surface area contributed by atoms with E-state index in [0.29, 0.717) is 24.9 Å². The van der Waals surface area contributed by atoms with Gasteiger partial charge in [0.1, 0.15) is 0 Å². The molecule has 110 valence electrons. The van der Waals surface area contributed by atoms with Crippen LogP contribution in [0.25, 0.3) is 0 Å². The first-order chi connectivity index (χ1) is 8.95. The van der Waals surface area contributed by atoms with Gasteiger partial charge in [-0.1, -0.05) is 34.1 Å². The first-order valence-electron chi connectivity index (χ1n) is 7.53. The average Bonchev–Trinajstić information content (AvgIpc) is 2.34. The van der Waals surface area contributed by atoms with E-state index < -0.39 is 0 Å². The molecule has 0 aromatic carbocycles. The van der Waals surface area contributed by atoms with Gasteiger partial charge in [0.25, 0.3) is 0 Å². The van der Waals surface area contributed by atoms with Crippen LogP contribution in [0, 0.1) is 11.8 Å². The summed E-state index contributed by atoms with van der Waals surface area (Å²) in [6.07, 6.45) is 6.62. The van der Waals surface area contributed by atoms with Crippen LogP contribution in [-0.4, -0.2) is 12.6 Å². The van der Waals surface area contributed by atoms with E-state index in [0.717, 1.165) is 25.7 Å². The molecule has 0 amide bonds. The smallest absolute Gasteiger partial charge is 0.305 e. The van der Waals surface area contributed by atoms with Crippen molar-refractivity contribution in [3.63, 3.8) is 0 Å². The normalized spacial score (nSPS) is 11.9. The third kappa shape index (κ3) is 11.8. The summed E-state index contributed by atoms with van der Waals surface area (Å²) < 4.78 is 5.26. The summed E-state index contributed by atoms with van der Waals surface area (Å²) in [6, 6.07) is 0. The minimum absolute atomic E-state index is 0.0661. The molecule has 0 fully saturated rings. The summed E-state index contributed by atoms with van der Waals surface area (Å²) in [5.74, 6) is 0.938. The fourth-order valence-electron chi connectivity index (χ4n) is 1.76. The number of allylic oxidation sites excluding steroid dienone is 1. The molecule has 0 aliphatic heterocycles. The molecule has 0 aromatic rings. The van der Waals surface area contributed by atoms with Gasteiger partial charge in [-0.05, 0) is 49.7 Å². The Morgan fingerprint density at radius 3 is 2.53 bits per heavy atom. The molecule has 0 bridgehead atoms. The Morgan fingerprint density at radius 2 is 1.95 bits per heavy atom. The maximum atomic E-state index is 11.5. The van der Waals surface area contributed by atoms with Gasteiger partial charge < -0.3 is 4.74 Å². The first-order valence-corrected chi connectivity index (χ1v) is 7.53. The second kappa shape index (κ2) is 10.9. The molecule has 1 atom stereocenters. The summed E-state index contributed by atoms with van der Waals surface area (Å²) in [7, 11) is 0. The van der Waals surface area contributed by atoms with E-state index in [2.05, 4.69) is 46.4 Å². The molecule has 0 rings (SSSR count). The zero-order valence-electron chi connectivity index (χ0n) is 13.3. The van der Waals surface area contributed by atoms with Crippen LogP contribution in [-0.2, 0) is 9.53 Å². The average molecular weight is 266 g/mol. The largest absolute Gasteiger partial charge is 0.465 e. The number of carbonyl (C=O) groups excluding carboxylic acids is 1. The zero-order chi connectivity index (χ0) is 14.7. The number of hydrogen-bond donors (Lipinski definition) is 0. The molecule has 0 aliphatic carbocycles. The maximum absolute atomic E-state index is 11.5. The van der Waals surface area contributed by atoms with Gasteiger partial charge in [0.2, 0.25) is 0 Å². The molecule has 0 saturated carbocycles. The van der Waals surface area contributed by atoms with E-state index in [1.54, 1.807) is 0 Å². The van der Waals surface area contributed by atoms with Crippen LogP contribution >= 0.6 is 0 Å². The quantitative estimate of drug-likeness (QED) is 0.438. The van der Waals surface area contributed by atoms with E-state index in [-0.39, 0.29) is 5.97 Å². The van der Waals surface area contributed by atoms with Crippen molar-refractivity contribution in [1.29, 1.82) is 0 Å². The van der Waals surface area contributed by atoms with Crippen molar-refractivity contribution in [3.8, 4) is 0 Å². The summed E-state index contributed by atoms with van der Waals surface area (Å²) >= 11 is 0. The molecular weight excluding hydrogens is 236 g/mol. The lowest BCUT2D eigenvalue weighted by atomic mass is 10.1. The second-order valence-electron chi connectivity index (χ2n) is 5.77.